The van der Waals surface area contributed by atoms with Crippen molar-refractivity contribution < 1.29 is 17.6 Å². The van der Waals surface area contributed by atoms with Gasteiger partial charge < -0.3 is 0 Å². The van der Waals surface area contributed by atoms with Crippen molar-refractivity contribution in [2.24, 2.45) is 0 Å². The molecule has 0 aliphatic rings. The molecule has 0 saturated carbocycles. The van der Waals surface area contributed by atoms with Crippen molar-refractivity contribution in [2.75, 3.05) is 0 Å². The number of halogens is 1. The maximum Gasteiger partial charge on any atom is 0.208 e. The summed E-state index contributed by atoms with van der Waals surface area (Å²) in [6, 6.07) is 16.7. The highest BCUT2D eigenvalue weighted by atomic mass is 32.2. The Bertz CT molecular complexity index is 1380. The molecule has 0 amide bonds. The Hall–Kier alpha value is -3.38. The molecule has 1 heterocycles. The van der Waals surface area contributed by atoms with E-state index in [0.29, 0.717) is 16.5 Å². The highest BCUT2D eigenvalue weighted by Gasteiger charge is 2.28. The van der Waals surface area contributed by atoms with Crippen LogP contribution in [0, 0.1) is 19.7 Å². The molecule has 6 heteroatoms. The topological polar surface area (TPSA) is 64.1 Å². The molecular formula is C24H18FNO3S. The van der Waals surface area contributed by atoms with Crippen molar-refractivity contribution in [2.45, 2.75) is 23.6 Å². The monoisotopic (exact) mass is 419 g/mol. The van der Waals surface area contributed by atoms with Crippen LogP contribution in [0.25, 0.3) is 10.9 Å². The summed E-state index contributed by atoms with van der Waals surface area (Å²) in [6.45, 7) is 3.74. The molecule has 0 unspecified atom stereocenters. The van der Waals surface area contributed by atoms with Crippen LogP contribution in [-0.4, -0.2) is 19.2 Å². The summed E-state index contributed by atoms with van der Waals surface area (Å²) in [5.74, 6) is -0.980. The molecule has 30 heavy (non-hydrogen) atoms. The largest absolute Gasteiger partial charge is 0.289 e. The Balaban J connectivity index is 2.03. The number of rotatable bonds is 4. The van der Waals surface area contributed by atoms with Crippen LogP contribution in [0.2, 0.25) is 0 Å². The van der Waals surface area contributed by atoms with Gasteiger partial charge in [0.15, 0.2) is 5.78 Å². The van der Waals surface area contributed by atoms with E-state index in [1.165, 1.54) is 18.3 Å². The first kappa shape index (κ1) is 19.9. The molecule has 0 N–H and O–H groups in total. The quantitative estimate of drug-likeness (QED) is 0.343. The van der Waals surface area contributed by atoms with Gasteiger partial charge in [-0.05, 0) is 50.2 Å². The van der Waals surface area contributed by atoms with Crippen LogP contribution in [0.3, 0.4) is 0 Å². The molecule has 150 valence electrons. The lowest BCUT2D eigenvalue weighted by Gasteiger charge is -2.14. The number of benzene rings is 3. The molecule has 0 aliphatic carbocycles. The first-order chi connectivity index (χ1) is 14.3. The molecule has 4 aromatic rings. The smallest absolute Gasteiger partial charge is 0.208 e. The Morgan fingerprint density at radius 2 is 1.50 bits per heavy atom. The fraction of sp³-hybridized carbons (Fsp3) is 0.0833. The lowest BCUT2D eigenvalue weighted by Crippen LogP contribution is -2.13. The zero-order valence-corrected chi connectivity index (χ0v) is 17.2. The summed E-state index contributed by atoms with van der Waals surface area (Å²) in [6.07, 6.45) is 1.30. The minimum Gasteiger partial charge on any atom is -0.289 e. The van der Waals surface area contributed by atoms with Gasteiger partial charge in [-0.3, -0.25) is 9.78 Å². The fourth-order valence-electron chi connectivity index (χ4n) is 3.33. The van der Waals surface area contributed by atoms with Crippen LogP contribution < -0.4 is 0 Å². The van der Waals surface area contributed by atoms with E-state index < -0.39 is 21.4 Å². The standard InChI is InChI=1S/C24H18FNO3S/c1-15-3-6-17(7-4-15)23(27)21-14-26-22-12-5-16(2)13-20(22)24(21)30(28,29)19-10-8-18(25)9-11-19/h3-14H,1-2H3. The Labute approximate surface area is 173 Å². The number of nitrogens with zero attached hydrogens (tertiary/aromatic N) is 1. The Morgan fingerprint density at radius 1 is 0.867 bits per heavy atom. The zero-order valence-electron chi connectivity index (χ0n) is 16.4. The molecule has 0 radical (unpaired) electrons. The van der Waals surface area contributed by atoms with Gasteiger partial charge in [0.25, 0.3) is 0 Å². The van der Waals surface area contributed by atoms with Crippen molar-refractivity contribution in [1.82, 2.24) is 4.98 Å². The van der Waals surface area contributed by atoms with Crippen molar-refractivity contribution in [3.8, 4) is 0 Å². The Kier molecular flexibility index (Phi) is 4.95. The summed E-state index contributed by atoms with van der Waals surface area (Å²) in [5.41, 5.74) is 2.63. The highest BCUT2D eigenvalue weighted by molar-refractivity contribution is 7.91. The van der Waals surface area contributed by atoms with Crippen LogP contribution in [0.5, 0.6) is 0 Å². The molecule has 4 rings (SSSR count). The van der Waals surface area contributed by atoms with E-state index in [2.05, 4.69) is 4.98 Å². The van der Waals surface area contributed by atoms with Crippen LogP contribution in [-0.2, 0) is 9.84 Å². The summed E-state index contributed by atoms with van der Waals surface area (Å²) in [7, 11) is -4.12. The molecule has 1 aromatic heterocycles. The molecule has 3 aromatic carbocycles. The van der Waals surface area contributed by atoms with E-state index in [0.717, 1.165) is 23.3 Å². The van der Waals surface area contributed by atoms with Crippen LogP contribution in [0.1, 0.15) is 27.0 Å². The van der Waals surface area contributed by atoms with Crippen LogP contribution >= 0.6 is 0 Å². The van der Waals surface area contributed by atoms with Crippen LogP contribution in [0.15, 0.2) is 82.7 Å². The van der Waals surface area contributed by atoms with Gasteiger partial charge >= 0.3 is 0 Å². The average Bonchev–Trinajstić information content (AvgIpc) is 2.73. The number of carbonyl (C=O) groups is 1. The molecule has 0 fully saturated rings. The number of pyridine rings is 1. The number of ketones is 1. The molecular weight excluding hydrogens is 401 g/mol. The van der Waals surface area contributed by atoms with Gasteiger partial charge in [-0.15, -0.1) is 0 Å². The average molecular weight is 419 g/mol. The van der Waals surface area contributed by atoms with Gasteiger partial charge in [0.2, 0.25) is 9.84 Å². The van der Waals surface area contributed by atoms with Gasteiger partial charge in [0.05, 0.1) is 20.9 Å². The van der Waals surface area contributed by atoms with E-state index in [4.69, 9.17) is 0 Å². The predicted octanol–water partition coefficient (Wildman–Crippen LogP) is 5.05. The summed E-state index contributed by atoms with van der Waals surface area (Å²) in [5, 5.41) is 0.359. The second kappa shape index (κ2) is 7.46. The normalized spacial score (nSPS) is 11.6. The first-order valence-corrected chi connectivity index (χ1v) is 10.8. The van der Waals surface area contributed by atoms with Crippen molar-refractivity contribution in [3.05, 3.63) is 101 Å². The molecule has 0 bridgehead atoms. The SMILES string of the molecule is Cc1ccc(C(=O)c2cnc3ccc(C)cc3c2S(=O)(=O)c2ccc(F)cc2)cc1. The number of sulfone groups is 1. The maximum atomic E-state index is 13.6. The van der Waals surface area contributed by atoms with E-state index in [1.54, 1.807) is 36.4 Å². The number of aryl methyl sites for hydroxylation is 2. The number of hydrogen-bond donors (Lipinski definition) is 0. The van der Waals surface area contributed by atoms with Crippen LogP contribution in [0.4, 0.5) is 4.39 Å². The minimum atomic E-state index is -4.12. The molecule has 0 saturated heterocycles. The number of hydrogen-bond acceptors (Lipinski definition) is 4. The van der Waals surface area contributed by atoms with Crippen molar-refractivity contribution >= 4 is 26.5 Å². The number of aromatic nitrogens is 1. The molecule has 0 atom stereocenters. The predicted molar refractivity (Wildman–Crippen MR) is 113 cm³/mol. The third-order valence-electron chi connectivity index (χ3n) is 4.93. The maximum absolute atomic E-state index is 13.6. The second-order valence-corrected chi connectivity index (χ2v) is 9.06. The highest BCUT2D eigenvalue weighted by Crippen LogP contribution is 2.32. The zero-order chi connectivity index (χ0) is 21.5. The minimum absolute atomic E-state index is 0.0127. The van der Waals surface area contributed by atoms with Gasteiger partial charge in [-0.1, -0.05) is 41.5 Å². The van der Waals surface area contributed by atoms with E-state index in [1.807, 2.05) is 19.9 Å². The lowest BCUT2D eigenvalue weighted by atomic mass is 10.0. The fourth-order valence-corrected chi connectivity index (χ4v) is 4.94. The first-order valence-electron chi connectivity index (χ1n) is 9.29. The Morgan fingerprint density at radius 3 is 2.17 bits per heavy atom. The molecule has 0 aliphatic heterocycles. The number of fused-ring (bicyclic) bond motifs is 1. The van der Waals surface area contributed by atoms with E-state index >= 15 is 0 Å². The summed E-state index contributed by atoms with van der Waals surface area (Å²) >= 11 is 0. The summed E-state index contributed by atoms with van der Waals surface area (Å²) in [4.78, 5) is 17.4. The molecule has 0 spiro atoms. The van der Waals surface area contributed by atoms with Gasteiger partial charge in [-0.25, -0.2) is 12.8 Å². The third kappa shape index (κ3) is 3.50. The van der Waals surface area contributed by atoms with Crippen molar-refractivity contribution in [1.29, 1.82) is 0 Å². The molecule has 4 nitrogen and oxygen atoms in total. The van der Waals surface area contributed by atoms with E-state index in [-0.39, 0.29) is 15.4 Å². The number of carbonyl (C=O) groups excluding carboxylic acids is 1. The van der Waals surface area contributed by atoms with Gasteiger partial charge in [-0.2, -0.15) is 0 Å². The van der Waals surface area contributed by atoms with Crippen molar-refractivity contribution in [3.63, 3.8) is 0 Å². The third-order valence-corrected chi connectivity index (χ3v) is 6.80. The summed E-state index contributed by atoms with van der Waals surface area (Å²) < 4.78 is 40.5. The van der Waals surface area contributed by atoms with Gasteiger partial charge in [0, 0.05) is 17.1 Å². The van der Waals surface area contributed by atoms with E-state index in [9.17, 15) is 17.6 Å². The lowest BCUT2D eigenvalue weighted by molar-refractivity contribution is 0.103. The van der Waals surface area contributed by atoms with Gasteiger partial charge in [0.1, 0.15) is 5.82 Å². The second-order valence-electron chi connectivity index (χ2n) is 7.17.